The topological polar surface area (TPSA) is 207 Å². The molecule has 0 bridgehead atoms. The normalized spacial score (nSPS) is 14.2. The quantitative estimate of drug-likeness (QED) is 0.146. The van der Waals surface area contributed by atoms with Gasteiger partial charge < -0.3 is 42.0 Å². The summed E-state index contributed by atoms with van der Waals surface area (Å²) in [7, 11) is 0. The van der Waals surface area contributed by atoms with Crippen LogP contribution in [0.15, 0.2) is 54.7 Å². The van der Waals surface area contributed by atoms with Gasteiger partial charge in [-0.25, -0.2) is 4.79 Å². The summed E-state index contributed by atoms with van der Waals surface area (Å²) in [6.07, 6.45) is 1.74. The lowest BCUT2D eigenvalue weighted by Gasteiger charge is -2.27. The van der Waals surface area contributed by atoms with E-state index < -0.39 is 60.4 Å². The molecule has 0 radical (unpaired) electrons. The Bertz CT molecular complexity index is 1340. The van der Waals surface area contributed by atoms with Gasteiger partial charge in [-0.1, -0.05) is 44.2 Å². The molecule has 12 nitrogen and oxygen atoms in total. The van der Waals surface area contributed by atoms with E-state index in [2.05, 4.69) is 20.9 Å². The first-order chi connectivity index (χ1) is 19.0. The number of hydrogen-bond acceptors (Lipinski definition) is 7. The monoisotopic (exact) mass is 553 g/mol. The molecule has 0 aliphatic carbocycles. The van der Waals surface area contributed by atoms with Crippen molar-refractivity contribution in [3.05, 3.63) is 65.9 Å². The number of carbonyl (C=O) groups is 4. The number of aliphatic hydroxyl groups excluding tert-OH is 1. The number of aromatic amines is 1. The minimum absolute atomic E-state index is 0.0245. The van der Waals surface area contributed by atoms with E-state index in [0.29, 0.717) is 5.56 Å². The van der Waals surface area contributed by atoms with Gasteiger partial charge in [0.25, 0.3) is 0 Å². The third-order valence-electron chi connectivity index (χ3n) is 6.50. The molecule has 12 heteroatoms. The summed E-state index contributed by atoms with van der Waals surface area (Å²) in [5.74, 6) is -3.81. The third-order valence-corrected chi connectivity index (χ3v) is 6.50. The molecule has 214 valence electrons. The molecule has 0 fully saturated rings. The Kier molecular flexibility index (Phi) is 10.2. The molecule has 0 aliphatic rings. The highest BCUT2D eigenvalue weighted by atomic mass is 16.4. The van der Waals surface area contributed by atoms with Crippen LogP contribution in [-0.2, 0) is 32.0 Å². The number of nitrogens with one attached hydrogen (secondary N) is 4. The van der Waals surface area contributed by atoms with Crippen LogP contribution in [0.5, 0.6) is 5.75 Å². The first kappa shape index (κ1) is 30.1. The van der Waals surface area contributed by atoms with E-state index in [9.17, 15) is 34.5 Å². The zero-order chi connectivity index (χ0) is 29.4. The van der Waals surface area contributed by atoms with Gasteiger partial charge in [-0.3, -0.25) is 14.4 Å². The number of H-pyrrole nitrogens is 1. The average Bonchev–Trinajstić information content (AvgIpc) is 3.33. The number of phenols is 1. The minimum Gasteiger partial charge on any atom is -0.508 e. The number of carbonyl (C=O) groups excluding carboxylic acids is 3. The number of fused-ring (bicyclic) bond motifs is 1. The lowest BCUT2D eigenvalue weighted by atomic mass is 9.99. The van der Waals surface area contributed by atoms with E-state index in [0.717, 1.165) is 16.5 Å². The second-order valence-electron chi connectivity index (χ2n) is 9.91. The fourth-order valence-corrected chi connectivity index (χ4v) is 4.21. The lowest BCUT2D eigenvalue weighted by Crippen LogP contribution is -2.59. The molecule has 3 aromatic rings. The number of aliphatic hydroxyl groups is 1. The average molecular weight is 554 g/mol. The van der Waals surface area contributed by atoms with E-state index in [1.54, 1.807) is 32.2 Å². The van der Waals surface area contributed by atoms with Crippen LogP contribution < -0.4 is 21.7 Å². The maximum absolute atomic E-state index is 13.5. The largest absolute Gasteiger partial charge is 0.508 e. The molecule has 0 aliphatic heterocycles. The molecule has 4 unspecified atom stereocenters. The Morgan fingerprint density at radius 3 is 2.15 bits per heavy atom. The molecule has 3 amide bonds. The number of hydrogen-bond donors (Lipinski definition) is 8. The predicted molar refractivity (Wildman–Crippen MR) is 147 cm³/mol. The Labute approximate surface area is 231 Å². The third kappa shape index (κ3) is 7.80. The number of rotatable bonds is 13. The molecular formula is C28H35N5O7. The number of para-hydroxylation sites is 1. The molecule has 40 heavy (non-hydrogen) atoms. The maximum Gasteiger partial charge on any atom is 0.326 e. The molecular weight excluding hydrogens is 518 g/mol. The Morgan fingerprint density at radius 1 is 0.875 bits per heavy atom. The summed E-state index contributed by atoms with van der Waals surface area (Å²) in [5.41, 5.74) is 7.80. The van der Waals surface area contributed by atoms with Crippen molar-refractivity contribution in [2.45, 2.75) is 50.9 Å². The number of carboxylic acid groups (broad SMARTS) is 1. The predicted octanol–water partition coefficient (Wildman–Crippen LogP) is 0.173. The highest BCUT2D eigenvalue weighted by Gasteiger charge is 2.32. The summed E-state index contributed by atoms with van der Waals surface area (Å²) in [6, 6.07) is 8.54. The number of aliphatic carboxylic acids is 1. The zero-order valence-electron chi connectivity index (χ0n) is 22.3. The van der Waals surface area contributed by atoms with Crippen LogP contribution in [0.2, 0.25) is 0 Å². The number of nitrogens with two attached hydrogens (primary N) is 1. The maximum atomic E-state index is 13.5. The molecule has 0 spiro atoms. The van der Waals surface area contributed by atoms with Gasteiger partial charge in [0.2, 0.25) is 17.7 Å². The molecule has 0 saturated carbocycles. The van der Waals surface area contributed by atoms with E-state index in [-0.39, 0.29) is 18.6 Å². The lowest BCUT2D eigenvalue weighted by molar-refractivity contribution is -0.142. The van der Waals surface area contributed by atoms with E-state index in [1.165, 1.54) is 12.1 Å². The van der Waals surface area contributed by atoms with Gasteiger partial charge in [-0.2, -0.15) is 0 Å². The number of aromatic nitrogens is 1. The van der Waals surface area contributed by atoms with E-state index in [1.807, 2.05) is 24.3 Å². The summed E-state index contributed by atoms with van der Waals surface area (Å²) < 4.78 is 0. The van der Waals surface area contributed by atoms with Gasteiger partial charge in [-0.05, 0) is 35.2 Å². The summed E-state index contributed by atoms with van der Waals surface area (Å²) in [6.45, 7) is 2.76. The van der Waals surface area contributed by atoms with Crippen molar-refractivity contribution in [1.82, 2.24) is 20.9 Å². The first-order valence-corrected chi connectivity index (χ1v) is 12.8. The van der Waals surface area contributed by atoms with Gasteiger partial charge in [0.05, 0.1) is 6.61 Å². The SMILES string of the molecule is CC(C)C(NC(=O)C(Cc1c[nH]c2ccccc12)NC(=O)C(N)CO)C(=O)NC(Cc1ccc(O)cc1)C(=O)O. The summed E-state index contributed by atoms with van der Waals surface area (Å²) >= 11 is 0. The second-order valence-corrected chi connectivity index (χ2v) is 9.91. The van der Waals surface area contributed by atoms with Gasteiger partial charge >= 0.3 is 5.97 Å². The molecule has 4 atom stereocenters. The Balaban J connectivity index is 1.79. The van der Waals surface area contributed by atoms with Gasteiger partial charge in [0, 0.05) is 29.9 Å². The highest BCUT2D eigenvalue weighted by molar-refractivity contribution is 5.95. The van der Waals surface area contributed by atoms with Crippen molar-refractivity contribution in [2.75, 3.05) is 6.61 Å². The molecule has 9 N–H and O–H groups in total. The van der Waals surface area contributed by atoms with Crippen molar-refractivity contribution >= 4 is 34.6 Å². The van der Waals surface area contributed by atoms with Crippen molar-refractivity contribution in [3.8, 4) is 5.75 Å². The fraction of sp³-hybridized carbons (Fsp3) is 0.357. The summed E-state index contributed by atoms with van der Waals surface area (Å²) in [5, 5.41) is 37.0. The van der Waals surface area contributed by atoms with Crippen LogP contribution in [0, 0.1) is 5.92 Å². The number of benzene rings is 2. The van der Waals surface area contributed by atoms with Crippen molar-refractivity contribution in [2.24, 2.45) is 11.7 Å². The van der Waals surface area contributed by atoms with E-state index in [4.69, 9.17) is 5.73 Å². The van der Waals surface area contributed by atoms with Crippen LogP contribution >= 0.6 is 0 Å². The van der Waals surface area contributed by atoms with Crippen LogP contribution in [0.4, 0.5) is 0 Å². The number of amides is 3. The van der Waals surface area contributed by atoms with Crippen molar-refractivity contribution < 1.29 is 34.5 Å². The molecule has 1 aromatic heterocycles. The molecule has 2 aromatic carbocycles. The fourth-order valence-electron chi connectivity index (χ4n) is 4.21. The minimum atomic E-state index is -1.29. The Hall–Kier alpha value is -4.42. The number of carboxylic acids is 1. The van der Waals surface area contributed by atoms with E-state index >= 15 is 0 Å². The van der Waals surface area contributed by atoms with Crippen LogP contribution in [0.3, 0.4) is 0 Å². The number of aromatic hydroxyl groups is 1. The van der Waals surface area contributed by atoms with Crippen molar-refractivity contribution in [1.29, 1.82) is 0 Å². The van der Waals surface area contributed by atoms with Crippen LogP contribution in [-0.4, -0.2) is 74.8 Å². The second kappa shape index (κ2) is 13.6. The van der Waals surface area contributed by atoms with Crippen LogP contribution in [0.1, 0.15) is 25.0 Å². The first-order valence-electron chi connectivity index (χ1n) is 12.8. The van der Waals surface area contributed by atoms with Gasteiger partial charge in [0.1, 0.15) is 29.9 Å². The highest BCUT2D eigenvalue weighted by Crippen LogP contribution is 2.19. The summed E-state index contributed by atoms with van der Waals surface area (Å²) in [4.78, 5) is 54.2. The van der Waals surface area contributed by atoms with Crippen LogP contribution in [0.25, 0.3) is 10.9 Å². The number of phenolic OH excluding ortho intramolecular Hbond substituents is 1. The zero-order valence-corrected chi connectivity index (χ0v) is 22.3. The smallest absolute Gasteiger partial charge is 0.326 e. The molecule has 1 heterocycles. The van der Waals surface area contributed by atoms with Gasteiger partial charge in [-0.15, -0.1) is 0 Å². The molecule has 0 saturated heterocycles. The van der Waals surface area contributed by atoms with Gasteiger partial charge in [0.15, 0.2) is 0 Å². The molecule has 3 rings (SSSR count). The Morgan fingerprint density at radius 2 is 1.52 bits per heavy atom. The standard InChI is InChI=1S/C28H35N5O7/c1-15(2)24(27(38)32-23(28(39)40)11-16-7-9-18(35)10-8-16)33-26(37)22(31-25(36)20(29)14-34)12-17-13-30-21-6-4-3-5-19(17)21/h3-10,13,15,20,22-24,30,34-35H,11-12,14,29H2,1-2H3,(H,31,36)(H,32,38)(H,33,37)(H,39,40). The van der Waals surface area contributed by atoms with Crippen molar-refractivity contribution in [3.63, 3.8) is 0 Å².